The van der Waals surface area contributed by atoms with E-state index in [-0.39, 0.29) is 56.8 Å². The first-order valence-electron chi connectivity index (χ1n) is 11.4. The Bertz CT molecular complexity index is 1020. The predicted octanol–water partition coefficient (Wildman–Crippen LogP) is 3.34. The zero-order valence-corrected chi connectivity index (χ0v) is 20.0. The van der Waals surface area contributed by atoms with Crippen LogP contribution < -0.4 is 5.32 Å². The number of rotatable bonds is 10. The molecule has 2 fully saturated rings. The van der Waals surface area contributed by atoms with Gasteiger partial charge in [-0.1, -0.05) is 11.6 Å². The van der Waals surface area contributed by atoms with Gasteiger partial charge in [0.25, 0.3) is 5.91 Å². The number of methoxy groups -OCH3 is 1. The fraction of sp³-hybridized carbons (Fsp3) is 0.609. The van der Waals surface area contributed by atoms with E-state index < -0.39 is 28.3 Å². The van der Waals surface area contributed by atoms with Gasteiger partial charge in [0, 0.05) is 26.6 Å². The molecule has 1 aliphatic carbocycles. The molecule has 0 spiro atoms. The van der Waals surface area contributed by atoms with Crippen molar-refractivity contribution in [2.45, 2.75) is 50.5 Å². The number of alkyl halides is 3. The van der Waals surface area contributed by atoms with Gasteiger partial charge in [-0.2, -0.15) is 13.2 Å². The van der Waals surface area contributed by atoms with Crippen LogP contribution in [0.4, 0.5) is 18.0 Å². The third-order valence-electron chi connectivity index (χ3n) is 6.77. The van der Waals surface area contributed by atoms with E-state index >= 15 is 0 Å². The maximum Gasteiger partial charge on any atom is 0.417 e. The van der Waals surface area contributed by atoms with Gasteiger partial charge >= 0.3 is 12.2 Å². The van der Waals surface area contributed by atoms with Crippen LogP contribution in [0.25, 0.3) is 0 Å². The van der Waals surface area contributed by atoms with Crippen LogP contribution in [0.3, 0.4) is 0 Å². The van der Waals surface area contributed by atoms with Crippen LogP contribution >= 0.6 is 11.6 Å². The maximum absolute atomic E-state index is 13.2. The molecule has 35 heavy (non-hydrogen) atoms. The monoisotopic (exact) mass is 517 g/mol. The van der Waals surface area contributed by atoms with E-state index in [0.717, 1.165) is 23.8 Å². The van der Waals surface area contributed by atoms with Gasteiger partial charge in [-0.15, -0.1) is 0 Å². The summed E-state index contributed by atoms with van der Waals surface area (Å²) in [6, 6.07) is 1.74. The molecule has 1 aromatic rings. The van der Waals surface area contributed by atoms with E-state index in [1.165, 1.54) is 11.0 Å². The number of halogens is 4. The fourth-order valence-corrected chi connectivity index (χ4v) is 5.04. The third kappa shape index (κ3) is 5.26. The quantitative estimate of drug-likeness (QED) is 0.380. The van der Waals surface area contributed by atoms with Crippen LogP contribution in [0.2, 0.25) is 5.02 Å². The zero-order chi connectivity index (χ0) is 25.4. The Balaban J connectivity index is 1.38. The molecule has 3 aliphatic rings. The Labute approximate surface area is 205 Å². The number of ether oxygens (including phenoxy) is 2. The van der Waals surface area contributed by atoms with Gasteiger partial charge in [-0.25, -0.2) is 4.79 Å². The summed E-state index contributed by atoms with van der Waals surface area (Å²) in [6.07, 6.45) is -2.93. The highest BCUT2D eigenvalue weighted by Crippen LogP contribution is 2.46. The number of hydrogen-bond donors (Lipinski definition) is 1. The molecule has 8 nitrogen and oxygen atoms in total. The molecular formula is C23H27ClF3N3O5. The predicted molar refractivity (Wildman–Crippen MR) is 118 cm³/mol. The normalized spacial score (nSPS) is 22.1. The van der Waals surface area contributed by atoms with E-state index in [2.05, 4.69) is 5.32 Å². The molecular weight excluding hydrogens is 491 g/mol. The van der Waals surface area contributed by atoms with Crippen molar-refractivity contribution in [3.8, 4) is 0 Å². The summed E-state index contributed by atoms with van der Waals surface area (Å²) in [4.78, 5) is 41.3. The van der Waals surface area contributed by atoms with Crippen molar-refractivity contribution >= 4 is 29.4 Å². The van der Waals surface area contributed by atoms with Crippen LogP contribution in [0.15, 0.2) is 12.1 Å². The summed E-state index contributed by atoms with van der Waals surface area (Å²) in [7, 11) is 1.54. The molecule has 1 aromatic carbocycles. The second kappa shape index (κ2) is 9.94. The van der Waals surface area contributed by atoms with Crippen molar-refractivity contribution in [3.05, 3.63) is 33.8 Å². The first kappa shape index (κ1) is 25.7. The van der Waals surface area contributed by atoms with Gasteiger partial charge in [0.1, 0.15) is 5.54 Å². The molecule has 4 rings (SSSR count). The Hall–Kier alpha value is -2.37. The van der Waals surface area contributed by atoms with Gasteiger partial charge in [-0.05, 0) is 48.4 Å². The standard InChI is InChI=1S/C23H27ClF3N3O5/c1-34-8-9-35-7-6-30-20(32)22(16-2-3-16,28-21(30)33)5-4-19(31)29-12-14-10-17(23(25,26)27)18(24)11-15(14)13-29/h10-11,16H,2-9,12-13H2,1H3,(H,28,33). The number of carbonyl (C=O) groups is 3. The molecule has 2 heterocycles. The lowest BCUT2D eigenvalue weighted by Crippen LogP contribution is -2.50. The first-order valence-corrected chi connectivity index (χ1v) is 11.8. The van der Waals surface area contributed by atoms with Gasteiger partial charge in [0.2, 0.25) is 5.91 Å². The SMILES string of the molecule is COCCOCCN1C(=O)NC(CCC(=O)N2Cc3cc(Cl)c(C(F)(F)F)cc3C2)(C2CC2)C1=O. The highest BCUT2D eigenvalue weighted by atomic mass is 35.5. The van der Waals surface area contributed by atoms with Gasteiger partial charge in [0.15, 0.2) is 0 Å². The number of nitrogens with zero attached hydrogens (tertiary/aromatic N) is 2. The average molecular weight is 518 g/mol. The summed E-state index contributed by atoms with van der Waals surface area (Å²) in [5, 5.41) is 2.42. The number of hydrogen-bond acceptors (Lipinski definition) is 5. The molecule has 1 N–H and O–H groups in total. The van der Waals surface area contributed by atoms with Crippen molar-refractivity contribution in [1.82, 2.24) is 15.1 Å². The van der Waals surface area contributed by atoms with Crippen molar-refractivity contribution in [2.24, 2.45) is 5.92 Å². The van der Waals surface area contributed by atoms with Crippen molar-refractivity contribution in [1.29, 1.82) is 0 Å². The molecule has 1 unspecified atom stereocenters. The van der Waals surface area contributed by atoms with Crippen LogP contribution in [0, 0.1) is 5.92 Å². The summed E-state index contributed by atoms with van der Waals surface area (Å²) in [5.41, 5.74) is -1.10. The second-order valence-electron chi connectivity index (χ2n) is 9.09. The summed E-state index contributed by atoms with van der Waals surface area (Å²) >= 11 is 5.81. The molecule has 1 saturated carbocycles. The Morgan fingerprint density at radius 2 is 1.86 bits per heavy atom. The fourth-order valence-electron chi connectivity index (χ4n) is 4.75. The van der Waals surface area contributed by atoms with Gasteiger partial charge in [-0.3, -0.25) is 14.5 Å². The summed E-state index contributed by atoms with van der Waals surface area (Å²) in [5.74, 6) is -0.705. The largest absolute Gasteiger partial charge is 0.417 e. The van der Waals surface area contributed by atoms with Crippen molar-refractivity contribution < 1.29 is 37.0 Å². The van der Waals surface area contributed by atoms with Gasteiger partial charge < -0.3 is 19.7 Å². The van der Waals surface area contributed by atoms with Crippen LogP contribution in [-0.4, -0.2) is 66.7 Å². The molecule has 12 heteroatoms. The molecule has 0 radical (unpaired) electrons. The van der Waals surface area contributed by atoms with Crippen LogP contribution in [0.5, 0.6) is 0 Å². The second-order valence-corrected chi connectivity index (χ2v) is 9.49. The Morgan fingerprint density at radius 3 is 2.49 bits per heavy atom. The number of carbonyl (C=O) groups excluding carboxylic acids is 3. The van der Waals surface area contributed by atoms with Crippen LogP contribution in [0.1, 0.15) is 42.4 Å². The third-order valence-corrected chi connectivity index (χ3v) is 7.08. The van der Waals surface area contributed by atoms with E-state index in [1.54, 1.807) is 7.11 Å². The summed E-state index contributed by atoms with van der Waals surface area (Å²) in [6.45, 7) is 1.20. The molecule has 0 aromatic heterocycles. The number of amides is 4. The number of urea groups is 1. The van der Waals surface area contributed by atoms with E-state index in [4.69, 9.17) is 21.1 Å². The maximum atomic E-state index is 13.2. The smallest absolute Gasteiger partial charge is 0.382 e. The van der Waals surface area contributed by atoms with Gasteiger partial charge in [0.05, 0.1) is 37.0 Å². The zero-order valence-electron chi connectivity index (χ0n) is 19.3. The molecule has 4 amide bonds. The lowest BCUT2D eigenvalue weighted by molar-refractivity contribution is -0.137. The lowest BCUT2D eigenvalue weighted by atomic mass is 9.87. The Morgan fingerprint density at radius 1 is 1.17 bits per heavy atom. The highest BCUT2D eigenvalue weighted by Gasteiger charge is 2.58. The minimum atomic E-state index is -4.58. The molecule has 1 saturated heterocycles. The first-order chi connectivity index (χ1) is 16.6. The number of imide groups is 1. The van der Waals surface area contributed by atoms with Crippen LogP contribution in [-0.2, 0) is 38.3 Å². The minimum Gasteiger partial charge on any atom is -0.382 e. The number of benzene rings is 1. The molecule has 2 aliphatic heterocycles. The average Bonchev–Trinajstić information content (AvgIpc) is 3.52. The number of fused-ring (bicyclic) bond motifs is 1. The van der Waals surface area contributed by atoms with Crippen molar-refractivity contribution in [2.75, 3.05) is 33.5 Å². The molecule has 192 valence electrons. The highest BCUT2D eigenvalue weighted by molar-refractivity contribution is 6.31. The Kier molecular flexibility index (Phi) is 7.31. The van der Waals surface area contributed by atoms with Crippen molar-refractivity contribution in [3.63, 3.8) is 0 Å². The van der Waals surface area contributed by atoms with E-state index in [1.807, 2.05) is 0 Å². The lowest BCUT2D eigenvalue weighted by Gasteiger charge is -2.27. The van der Waals surface area contributed by atoms with E-state index in [9.17, 15) is 27.6 Å². The molecule has 0 bridgehead atoms. The minimum absolute atomic E-state index is 0.0193. The van der Waals surface area contributed by atoms with E-state index in [0.29, 0.717) is 24.3 Å². The number of nitrogens with one attached hydrogen (secondary N) is 1. The topological polar surface area (TPSA) is 88.2 Å². The summed E-state index contributed by atoms with van der Waals surface area (Å²) < 4.78 is 49.8. The molecule has 1 atom stereocenters.